The number of urea groups is 1. The third-order valence-electron chi connectivity index (χ3n) is 4.23. The summed E-state index contributed by atoms with van der Waals surface area (Å²) in [6, 6.07) is 10.1. The lowest BCUT2D eigenvalue weighted by molar-refractivity contribution is -0.135. The summed E-state index contributed by atoms with van der Waals surface area (Å²) in [7, 11) is 0. The standard InChI is InChI=1S/C19H19F2N3O2/c1-13-5-6-17(16(21)9-13)22-19(26)24-8-7-23(18(25)12-24)11-14-3-2-4-15(20)10-14/h2-6,9-10H,7-8,11-12H2,1H3,(H,22,26). The summed E-state index contributed by atoms with van der Waals surface area (Å²) in [5.41, 5.74) is 1.52. The molecule has 1 N–H and O–H groups in total. The van der Waals surface area contributed by atoms with Crippen LogP contribution in [0.5, 0.6) is 0 Å². The number of aryl methyl sites for hydroxylation is 1. The molecular weight excluding hydrogens is 340 g/mol. The van der Waals surface area contributed by atoms with Gasteiger partial charge in [0.1, 0.15) is 18.2 Å². The van der Waals surface area contributed by atoms with E-state index in [9.17, 15) is 18.4 Å². The van der Waals surface area contributed by atoms with Crippen LogP contribution in [0.15, 0.2) is 42.5 Å². The number of halogens is 2. The molecule has 7 heteroatoms. The molecule has 0 bridgehead atoms. The number of rotatable bonds is 3. The number of nitrogens with one attached hydrogen (secondary N) is 1. The van der Waals surface area contributed by atoms with E-state index in [2.05, 4.69) is 5.32 Å². The third kappa shape index (κ3) is 4.17. The fourth-order valence-electron chi connectivity index (χ4n) is 2.82. The van der Waals surface area contributed by atoms with Crippen LogP contribution in [0, 0.1) is 18.6 Å². The van der Waals surface area contributed by atoms with Gasteiger partial charge in [0.05, 0.1) is 5.69 Å². The normalized spacial score (nSPS) is 14.5. The van der Waals surface area contributed by atoms with Crippen LogP contribution in [0.2, 0.25) is 0 Å². The zero-order valence-corrected chi connectivity index (χ0v) is 14.3. The van der Waals surface area contributed by atoms with E-state index in [4.69, 9.17) is 0 Å². The van der Waals surface area contributed by atoms with Crippen molar-refractivity contribution in [1.82, 2.24) is 9.80 Å². The number of carbonyl (C=O) groups excluding carboxylic acids is 2. The summed E-state index contributed by atoms with van der Waals surface area (Å²) >= 11 is 0. The van der Waals surface area contributed by atoms with Gasteiger partial charge in [0.2, 0.25) is 5.91 Å². The summed E-state index contributed by atoms with van der Waals surface area (Å²) < 4.78 is 27.1. The second-order valence-corrected chi connectivity index (χ2v) is 6.28. The number of amides is 3. The number of nitrogens with zero attached hydrogens (tertiary/aromatic N) is 2. The molecule has 0 saturated carbocycles. The first kappa shape index (κ1) is 17.8. The van der Waals surface area contributed by atoms with Crippen molar-refractivity contribution in [3.8, 4) is 0 Å². The zero-order valence-electron chi connectivity index (χ0n) is 14.3. The molecule has 0 aromatic heterocycles. The van der Waals surface area contributed by atoms with Crippen LogP contribution in [-0.2, 0) is 11.3 Å². The van der Waals surface area contributed by atoms with Crippen molar-refractivity contribution in [1.29, 1.82) is 0 Å². The maximum absolute atomic E-state index is 13.9. The summed E-state index contributed by atoms with van der Waals surface area (Å²) in [6.45, 7) is 2.60. The Labute approximate surface area is 150 Å². The van der Waals surface area contributed by atoms with E-state index in [-0.39, 0.29) is 24.0 Å². The van der Waals surface area contributed by atoms with Crippen LogP contribution >= 0.6 is 0 Å². The number of hydrogen-bond acceptors (Lipinski definition) is 2. The van der Waals surface area contributed by atoms with Crippen molar-refractivity contribution in [2.24, 2.45) is 0 Å². The maximum atomic E-state index is 13.9. The van der Waals surface area contributed by atoms with E-state index in [1.807, 2.05) is 0 Å². The SMILES string of the molecule is Cc1ccc(NC(=O)N2CCN(Cc3cccc(F)c3)C(=O)C2)c(F)c1. The Bertz CT molecular complexity index is 841. The van der Waals surface area contributed by atoms with Gasteiger partial charge in [-0.25, -0.2) is 13.6 Å². The molecule has 136 valence electrons. The van der Waals surface area contributed by atoms with Gasteiger partial charge in [0.25, 0.3) is 0 Å². The molecule has 3 rings (SSSR count). The third-order valence-corrected chi connectivity index (χ3v) is 4.23. The first-order chi connectivity index (χ1) is 12.4. The van der Waals surface area contributed by atoms with Crippen molar-refractivity contribution in [3.05, 3.63) is 65.2 Å². The molecular formula is C19H19F2N3O2. The summed E-state index contributed by atoms with van der Waals surface area (Å²) in [6.07, 6.45) is 0. The fourth-order valence-corrected chi connectivity index (χ4v) is 2.82. The van der Waals surface area contributed by atoms with E-state index in [1.54, 1.807) is 30.0 Å². The van der Waals surface area contributed by atoms with Crippen molar-refractivity contribution < 1.29 is 18.4 Å². The number of piperazine rings is 1. The van der Waals surface area contributed by atoms with E-state index in [0.717, 1.165) is 5.56 Å². The predicted octanol–water partition coefficient (Wildman–Crippen LogP) is 3.15. The minimum absolute atomic E-state index is 0.0789. The second kappa shape index (κ2) is 7.51. The minimum Gasteiger partial charge on any atom is -0.335 e. The van der Waals surface area contributed by atoms with Crippen LogP contribution < -0.4 is 5.32 Å². The second-order valence-electron chi connectivity index (χ2n) is 6.28. The van der Waals surface area contributed by atoms with E-state index >= 15 is 0 Å². The van der Waals surface area contributed by atoms with Gasteiger partial charge in [0.15, 0.2) is 0 Å². The van der Waals surface area contributed by atoms with Gasteiger partial charge in [-0.2, -0.15) is 0 Å². The lowest BCUT2D eigenvalue weighted by Crippen LogP contribution is -2.52. The molecule has 0 spiro atoms. The van der Waals surface area contributed by atoms with Crippen molar-refractivity contribution in [2.75, 3.05) is 25.0 Å². The van der Waals surface area contributed by atoms with E-state index < -0.39 is 11.8 Å². The molecule has 2 aromatic carbocycles. The van der Waals surface area contributed by atoms with Crippen LogP contribution in [0.1, 0.15) is 11.1 Å². The highest BCUT2D eigenvalue weighted by Crippen LogP contribution is 2.17. The zero-order chi connectivity index (χ0) is 18.7. The summed E-state index contributed by atoms with van der Waals surface area (Å²) in [4.78, 5) is 27.5. The Morgan fingerprint density at radius 3 is 2.65 bits per heavy atom. The summed E-state index contributed by atoms with van der Waals surface area (Å²) in [5, 5.41) is 2.49. The molecule has 0 atom stereocenters. The number of carbonyl (C=O) groups is 2. The first-order valence-electron chi connectivity index (χ1n) is 8.26. The number of anilines is 1. The smallest absolute Gasteiger partial charge is 0.322 e. The molecule has 1 aliphatic rings. The van der Waals surface area contributed by atoms with Gasteiger partial charge in [-0.15, -0.1) is 0 Å². The van der Waals surface area contributed by atoms with Gasteiger partial charge >= 0.3 is 6.03 Å². The highest BCUT2D eigenvalue weighted by atomic mass is 19.1. The van der Waals surface area contributed by atoms with Crippen molar-refractivity contribution >= 4 is 17.6 Å². The molecule has 3 amide bonds. The first-order valence-corrected chi connectivity index (χ1v) is 8.26. The Kier molecular flexibility index (Phi) is 5.16. The average Bonchev–Trinajstić information content (AvgIpc) is 2.59. The molecule has 0 aliphatic carbocycles. The molecule has 5 nitrogen and oxygen atoms in total. The highest BCUT2D eigenvalue weighted by Gasteiger charge is 2.27. The molecule has 1 heterocycles. The predicted molar refractivity (Wildman–Crippen MR) is 93.5 cm³/mol. The highest BCUT2D eigenvalue weighted by molar-refractivity contribution is 5.93. The average molecular weight is 359 g/mol. The van der Waals surface area contributed by atoms with E-state index in [1.165, 1.54) is 29.2 Å². The topological polar surface area (TPSA) is 52.7 Å². The molecule has 26 heavy (non-hydrogen) atoms. The Balaban J connectivity index is 1.59. The molecule has 2 aromatic rings. The van der Waals surface area contributed by atoms with Crippen molar-refractivity contribution in [2.45, 2.75) is 13.5 Å². The Morgan fingerprint density at radius 2 is 1.96 bits per heavy atom. The number of benzene rings is 2. The molecule has 1 aliphatic heterocycles. The Morgan fingerprint density at radius 1 is 1.15 bits per heavy atom. The number of hydrogen-bond donors (Lipinski definition) is 1. The van der Waals surface area contributed by atoms with Gasteiger partial charge in [0, 0.05) is 19.6 Å². The molecule has 0 radical (unpaired) electrons. The lowest BCUT2D eigenvalue weighted by Gasteiger charge is -2.34. The van der Waals surface area contributed by atoms with Crippen LogP contribution in [0.25, 0.3) is 0 Å². The fraction of sp³-hybridized carbons (Fsp3) is 0.263. The largest absolute Gasteiger partial charge is 0.335 e. The molecule has 0 unspecified atom stereocenters. The molecule has 1 fully saturated rings. The Hall–Kier alpha value is -2.96. The van der Waals surface area contributed by atoms with Crippen LogP contribution in [0.3, 0.4) is 0 Å². The summed E-state index contributed by atoms with van der Waals surface area (Å²) in [5.74, 6) is -1.11. The van der Waals surface area contributed by atoms with Gasteiger partial charge in [-0.1, -0.05) is 18.2 Å². The van der Waals surface area contributed by atoms with Crippen LogP contribution in [-0.4, -0.2) is 41.4 Å². The van der Waals surface area contributed by atoms with Crippen molar-refractivity contribution in [3.63, 3.8) is 0 Å². The van der Waals surface area contributed by atoms with Gasteiger partial charge in [-0.05, 0) is 42.3 Å². The van der Waals surface area contributed by atoms with Gasteiger partial charge in [-0.3, -0.25) is 4.79 Å². The minimum atomic E-state index is -0.522. The lowest BCUT2D eigenvalue weighted by atomic mass is 10.2. The maximum Gasteiger partial charge on any atom is 0.322 e. The molecule has 1 saturated heterocycles. The monoisotopic (exact) mass is 359 g/mol. The van der Waals surface area contributed by atoms with E-state index in [0.29, 0.717) is 25.2 Å². The quantitative estimate of drug-likeness (QED) is 0.915. The van der Waals surface area contributed by atoms with Crippen LogP contribution in [0.4, 0.5) is 19.3 Å². The van der Waals surface area contributed by atoms with Gasteiger partial charge < -0.3 is 15.1 Å².